The van der Waals surface area contributed by atoms with Crippen LogP contribution in [0.3, 0.4) is 0 Å². The first-order valence-electron chi connectivity index (χ1n) is 5.45. The lowest BCUT2D eigenvalue weighted by Gasteiger charge is -2.07. The van der Waals surface area contributed by atoms with Crippen LogP contribution in [0.4, 0.5) is 5.69 Å². The van der Waals surface area contributed by atoms with E-state index in [-0.39, 0.29) is 18.5 Å². The number of amides is 1. The largest absolute Gasteiger partial charge is 0.324 e. The van der Waals surface area contributed by atoms with Crippen LogP contribution < -0.4 is 11.1 Å². The first kappa shape index (κ1) is 11.5. The van der Waals surface area contributed by atoms with Crippen LogP contribution in [-0.4, -0.2) is 27.2 Å². The van der Waals surface area contributed by atoms with Crippen LogP contribution in [-0.2, 0) is 4.79 Å². The predicted octanol–water partition coefficient (Wildman–Crippen LogP) is 0.909. The lowest BCUT2D eigenvalue weighted by molar-refractivity contribution is -0.114. The zero-order chi connectivity index (χ0) is 12.4. The summed E-state index contributed by atoms with van der Waals surface area (Å²) in [6, 6.07) is 2.09. The van der Waals surface area contributed by atoms with Crippen LogP contribution >= 0.6 is 0 Å². The van der Waals surface area contributed by atoms with Crippen molar-refractivity contribution in [2.75, 3.05) is 11.9 Å². The molecular weight excluding hydrogens is 218 g/mol. The monoisotopic (exact) mass is 233 g/mol. The van der Waals surface area contributed by atoms with Gasteiger partial charge in [-0.1, -0.05) is 0 Å². The smallest absolute Gasteiger partial charge is 0.238 e. The van der Waals surface area contributed by atoms with Gasteiger partial charge in [0.05, 0.1) is 24.6 Å². The Morgan fingerprint density at radius 2 is 2.29 bits per heavy atom. The molecule has 0 aliphatic heterocycles. The number of nitrogens with zero attached hydrogens (tertiary/aromatic N) is 3. The Labute approximate surface area is 98.8 Å². The molecule has 0 radical (unpaired) electrons. The molecule has 2 rings (SSSR count). The average molecular weight is 233 g/mol. The van der Waals surface area contributed by atoms with Gasteiger partial charge in [-0.15, -0.1) is 0 Å². The number of nitrogens with one attached hydrogen (secondary N) is 1. The summed E-state index contributed by atoms with van der Waals surface area (Å²) in [5, 5.41) is 7.81. The lowest BCUT2D eigenvalue weighted by atomic mass is 10.3. The molecule has 6 heteroatoms. The van der Waals surface area contributed by atoms with E-state index in [2.05, 4.69) is 15.4 Å². The number of hydrogen-bond donors (Lipinski definition) is 2. The minimum absolute atomic E-state index is 0.0384. The maximum Gasteiger partial charge on any atom is 0.238 e. The van der Waals surface area contributed by atoms with Gasteiger partial charge in [-0.3, -0.25) is 4.79 Å². The third kappa shape index (κ3) is 2.26. The highest BCUT2D eigenvalue weighted by Gasteiger charge is 2.08. The van der Waals surface area contributed by atoms with Crippen LogP contribution in [0.15, 0.2) is 18.5 Å². The quantitative estimate of drug-likeness (QED) is 0.825. The molecule has 0 bridgehead atoms. The van der Waals surface area contributed by atoms with E-state index in [0.29, 0.717) is 5.69 Å². The van der Waals surface area contributed by atoms with Crippen LogP contribution in [0.5, 0.6) is 0 Å². The number of carbonyl (C=O) groups is 1. The standard InChI is InChI=1S/C11H15N5O/c1-7(2)16-11-8(5-14-16)3-9(6-13-11)15-10(17)4-12/h3,5-7H,4,12H2,1-2H3,(H,15,17). The van der Waals surface area contributed by atoms with E-state index in [1.165, 1.54) is 0 Å². The Hall–Kier alpha value is -1.95. The fourth-order valence-corrected chi connectivity index (χ4v) is 1.60. The summed E-state index contributed by atoms with van der Waals surface area (Å²) < 4.78 is 1.84. The fourth-order valence-electron chi connectivity index (χ4n) is 1.60. The normalized spacial score (nSPS) is 11.1. The Balaban J connectivity index is 2.36. The van der Waals surface area contributed by atoms with Gasteiger partial charge < -0.3 is 11.1 Å². The van der Waals surface area contributed by atoms with Crippen molar-refractivity contribution in [3.05, 3.63) is 18.5 Å². The number of rotatable bonds is 3. The van der Waals surface area contributed by atoms with Crippen molar-refractivity contribution < 1.29 is 4.79 Å². The third-order valence-corrected chi connectivity index (χ3v) is 2.39. The Morgan fingerprint density at radius 3 is 2.94 bits per heavy atom. The zero-order valence-electron chi connectivity index (χ0n) is 9.84. The van der Waals surface area contributed by atoms with Crippen molar-refractivity contribution in [1.29, 1.82) is 0 Å². The van der Waals surface area contributed by atoms with Gasteiger partial charge in [-0.2, -0.15) is 5.10 Å². The maximum atomic E-state index is 11.1. The molecular formula is C11H15N5O. The molecule has 6 nitrogen and oxygen atoms in total. The average Bonchev–Trinajstić information content (AvgIpc) is 2.71. The van der Waals surface area contributed by atoms with Crippen molar-refractivity contribution in [3.8, 4) is 0 Å². The van der Waals surface area contributed by atoms with Crippen LogP contribution in [0.1, 0.15) is 19.9 Å². The molecule has 1 amide bonds. The summed E-state index contributed by atoms with van der Waals surface area (Å²) in [6.45, 7) is 4.04. The van der Waals surface area contributed by atoms with Gasteiger partial charge in [-0.25, -0.2) is 9.67 Å². The van der Waals surface area contributed by atoms with E-state index < -0.39 is 0 Å². The summed E-state index contributed by atoms with van der Waals surface area (Å²) in [6.07, 6.45) is 3.34. The number of aromatic nitrogens is 3. The highest BCUT2D eigenvalue weighted by Crippen LogP contribution is 2.18. The molecule has 0 fully saturated rings. The molecule has 17 heavy (non-hydrogen) atoms. The molecule has 0 atom stereocenters. The van der Waals surface area contributed by atoms with Crippen molar-refractivity contribution in [1.82, 2.24) is 14.8 Å². The lowest BCUT2D eigenvalue weighted by Crippen LogP contribution is -2.21. The van der Waals surface area contributed by atoms with Crippen molar-refractivity contribution in [2.45, 2.75) is 19.9 Å². The molecule has 3 N–H and O–H groups in total. The van der Waals surface area contributed by atoms with E-state index in [4.69, 9.17) is 5.73 Å². The number of anilines is 1. The fraction of sp³-hybridized carbons (Fsp3) is 0.364. The second-order valence-electron chi connectivity index (χ2n) is 4.07. The predicted molar refractivity (Wildman–Crippen MR) is 65.6 cm³/mol. The summed E-state index contributed by atoms with van der Waals surface area (Å²) in [5.74, 6) is -0.234. The number of nitrogens with two attached hydrogens (primary N) is 1. The summed E-state index contributed by atoms with van der Waals surface area (Å²) in [4.78, 5) is 15.4. The van der Waals surface area contributed by atoms with E-state index in [9.17, 15) is 4.79 Å². The first-order valence-corrected chi connectivity index (χ1v) is 5.45. The van der Waals surface area contributed by atoms with Gasteiger partial charge in [0.25, 0.3) is 0 Å². The number of pyridine rings is 1. The molecule has 2 heterocycles. The highest BCUT2D eigenvalue weighted by molar-refractivity contribution is 5.93. The minimum atomic E-state index is -0.234. The summed E-state index contributed by atoms with van der Waals surface area (Å²) in [7, 11) is 0. The van der Waals surface area contributed by atoms with E-state index in [0.717, 1.165) is 11.0 Å². The SMILES string of the molecule is CC(C)n1ncc2cc(NC(=O)CN)cnc21. The molecule has 0 saturated heterocycles. The van der Waals surface area contributed by atoms with Crippen LogP contribution in [0.2, 0.25) is 0 Å². The molecule has 2 aromatic heterocycles. The van der Waals surface area contributed by atoms with Gasteiger partial charge in [0.2, 0.25) is 5.91 Å². The Bertz CT molecular complexity index is 546. The van der Waals surface area contributed by atoms with Gasteiger partial charge in [-0.05, 0) is 19.9 Å². The molecule has 0 aliphatic carbocycles. The van der Waals surface area contributed by atoms with Gasteiger partial charge in [0, 0.05) is 11.4 Å². The van der Waals surface area contributed by atoms with Crippen LogP contribution in [0, 0.1) is 0 Å². The molecule has 0 spiro atoms. The molecule has 2 aromatic rings. The molecule has 0 aliphatic rings. The number of fused-ring (bicyclic) bond motifs is 1. The van der Waals surface area contributed by atoms with E-state index in [1.807, 2.05) is 24.6 Å². The minimum Gasteiger partial charge on any atom is -0.324 e. The van der Waals surface area contributed by atoms with Crippen molar-refractivity contribution >= 4 is 22.6 Å². The molecule has 0 aromatic carbocycles. The van der Waals surface area contributed by atoms with Crippen molar-refractivity contribution in [3.63, 3.8) is 0 Å². The van der Waals surface area contributed by atoms with Gasteiger partial charge >= 0.3 is 0 Å². The summed E-state index contributed by atoms with van der Waals surface area (Å²) >= 11 is 0. The van der Waals surface area contributed by atoms with E-state index >= 15 is 0 Å². The first-order chi connectivity index (χ1) is 8.11. The van der Waals surface area contributed by atoms with Gasteiger partial charge in [0.1, 0.15) is 0 Å². The topological polar surface area (TPSA) is 85.8 Å². The third-order valence-electron chi connectivity index (χ3n) is 2.39. The second kappa shape index (κ2) is 4.50. The van der Waals surface area contributed by atoms with Crippen LogP contribution in [0.25, 0.3) is 11.0 Å². The Morgan fingerprint density at radius 1 is 1.53 bits per heavy atom. The van der Waals surface area contributed by atoms with Crippen molar-refractivity contribution in [2.24, 2.45) is 5.73 Å². The second-order valence-corrected chi connectivity index (χ2v) is 4.07. The Kier molecular flexibility index (Phi) is 3.06. The van der Waals surface area contributed by atoms with Gasteiger partial charge in [0.15, 0.2) is 5.65 Å². The number of carbonyl (C=O) groups excluding carboxylic acids is 1. The molecule has 0 unspecified atom stereocenters. The summed E-state index contributed by atoms with van der Waals surface area (Å²) in [5.41, 5.74) is 6.67. The number of hydrogen-bond acceptors (Lipinski definition) is 4. The maximum absolute atomic E-state index is 11.1. The highest BCUT2D eigenvalue weighted by atomic mass is 16.1. The molecule has 0 saturated carbocycles. The van der Waals surface area contributed by atoms with E-state index in [1.54, 1.807) is 12.4 Å². The molecule has 90 valence electrons. The zero-order valence-corrected chi connectivity index (χ0v) is 9.84.